The highest BCUT2D eigenvalue weighted by Crippen LogP contribution is 2.36. The van der Waals surface area contributed by atoms with Crippen LogP contribution in [0.2, 0.25) is 0 Å². The number of aromatic nitrogens is 1. The second-order valence-electron chi connectivity index (χ2n) is 9.31. The number of carbonyl (C=O) groups excluding carboxylic acids is 1. The van der Waals surface area contributed by atoms with E-state index in [2.05, 4.69) is 52.5 Å². The first-order valence-corrected chi connectivity index (χ1v) is 13.0. The van der Waals surface area contributed by atoms with Gasteiger partial charge in [-0.25, -0.2) is 4.79 Å². The van der Waals surface area contributed by atoms with Crippen LogP contribution in [0.25, 0.3) is 0 Å². The van der Waals surface area contributed by atoms with Gasteiger partial charge in [-0.3, -0.25) is 9.88 Å². The summed E-state index contributed by atoms with van der Waals surface area (Å²) < 4.78 is 0. The summed E-state index contributed by atoms with van der Waals surface area (Å²) in [5, 5.41) is 3.13. The fourth-order valence-corrected chi connectivity index (χ4v) is 6.20. The summed E-state index contributed by atoms with van der Waals surface area (Å²) in [7, 11) is 0. The van der Waals surface area contributed by atoms with Gasteiger partial charge in [0.15, 0.2) is 0 Å². The zero-order chi connectivity index (χ0) is 24.5. The molecule has 0 radical (unpaired) electrons. The molecule has 7 nitrogen and oxygen atoms in total. The fourth-order valence-electron chi connectivity index (χ4n) is 4.95. The molecular formula is C27H32N6OS. The predicted octanol–water partition coefficient (Wildman–Crippen LogP) is 4.50. The van der Waals surface area contributed by atoms with Crippen LogP contribution in [0.4, 0.5) is 16.2 Å². The van der Waals surface area contributed by atoms with Crippen LogP contribution in [0.5, 0.6) is 0 Å². The number of fused-ring (bicyclic) bond motifs is 1. The van der Waals surface area contributed by atoms with Gasteiger partial charge in [-0.05, 0) is 60.4 Å². The lowest BCUT2D eigenvalue weighted by atomic mass is 9.95. The first-order valence-electron chi connectivity index (χ1n) is 12.0. The number of benzene rings is 2. The van der Waals surface area contributed by atoms with Crippen LogP contribution >= 0.6 is 11.8 Å². The largest absolute Gasteiger partial charge is 0.398 e. The number of hydrogen-bond acceptors (Lipinski definition) is 6. The standard InChI is InChI=1S/C27H32N6OS/c1-17-12-20(8-9-30-17)26(29)22-13-21-15-33(27(34)31-24(21)14-23(22)28)25-16-32(10-11-35-25)18(2)19-6-4-3-5-7-19/h3-9,12-14,18,25-26H,10-11,15-16,28-29H2,1-2H3,(H,31,34)/t18?,25-,26?/m1/s1. The molecule has 1 saturated heterocycles. The first kappa shape index (κ1) is 23.7. The number of rotatable bonds is 5. The highest BCUT2D eigenvalue weighted by atomic mass is 32.2. The topological polar surface area (TPSA) is 101 Å². The van der Waals surface area contributed by atoms with E-state index in [4.69, 9.17) is 11.5 Å². The molecule has 5 N–H and O–H groups in total. The lowest BCUT2D eigenvalue weighted by Gasteiger charge is -2.43. The van der Waals surface area contributed by atoms with Crippen LogP contribution < -0.4 is 16.8 Å². The van der Waals surface area contributed by atoms with Gasteiger partial charge in [-0.15, -0.1) is 11.8 Å². The second kappa shape index (κ2) is 9.89. The number of nitrogens with one attached hydrogen (secondary N) is 1. The summed E-state index contributed by atoms with van der Waals surface area (Å²) in [4.78, 5) is 21.8. The van der Waals surface area contributed by atoms with E-state index in [0.29, 0.717) is 18.3 Å². The zero-order valence-electron chi connectivity index (χ0n) is 20.1. The average molecular weight is 489 g/mol. The number of anilines is 2. The maximum absolute atomic E-state index is 13.1. The lowest BCUT2D eigenvalue weighted by Crippen LogP contribution is -2.51. The number of amides is 2. The van der Waals surface area contributed by atoms with Crippen molar-refractivity contribution in [2.75, 3.05) is 29.9 Å². The predicted molar refractivity (Wildman–Crippen MR) is 143 cm³/mol. The molecule has 2 amide bonds. The van der Waals surface area contributed by atoms with Crippen molar-refractivity contribution in [3.05, 3.63) is 88.7 Å². The van der Waals surface area contributed by atoms with Crippen LogP contribution in [0, 0.1) is 6.92 Å². The molecule has 0 spiro atoms. The van der Waals surface area contributed by atoms with Crippen molar-refractivity contribution in [2.45, 2.75) is 37.8 Å². The third kappa shape index (κ3) is 4.87. The number of hydrogen-bond donors (Lipinski definition) is 3. The molecule has 0 bridgehead atoms. The van der Waals surface area contributed by atoms with Gasteiger partial charge in [0.2, 0.25) is 0 Å². The van der Waals surface area contributed by atoms with Crippen molar-refractivity contribution in [2.24, 2.45) is 5.73 Å². The molecule has 3 aromatic rings. The molecule has 2 unspecified atom stereocenters. The number of pyridine rings is 1. The van der Waals surface area contributed by atoms with Crippen LogP contribution in [0.3, 0.4) is 0 Å². The van der Waals surface area contributed by atoms with Crippen molar-refractivity contribution in [1.82, 2.24) is 14.8 Å². The molecule has 35 heavy (non-hydrogen) atoms. The third-order valence-electron chi connectivity index (χ3n) is 7.02. The molecule has 0 aliphatic carbocycles. The molecule has 2 aliphatic heterocycles. The van der Waals surface area contributed by atoms with Gasteiger partial charge in [-0.1, -0.05) is 30.3 Å². The van der Waals surface area contributed by atoms with E-state index < -0.39 is 0 Å². The van der Waals surface area contributed by atoms with Gasteiger partial charge >= 0.3 is 6.03 Å². The highest BCUT2D eigenvalue weighted by Gasteiger charge is 2.34. The SMILES string of the molecule is Cc1cc(C(N)c2cc3c(cc2N)NC(=O)N([C@H]2CN(C(C)c4ccccc4)CCS2)C3)ccn1. The quantitative estimate of drug-likeness (QED) is 0.457. The van der Waals surface area contributed by atoms with E-state index in [-0.39, 0.29) is 17.4 Å². The van der Waals surface area contributed by atoms with Gasteiger partial charge in [-0.2, -0.15) is 0 Å². The molecule has 8 heteroatoms. The van der Waals surface area contributed by atoms with Gasteiger partial charge in [0.25, 0.3) is 0 Å². The number of aryl methyl sites for hydroxylation is 1. The van der Waals surface area contributed by atoms with E-state index in [1.165, 1.54) is 5.56 Å². The maximum atomic E-state index is 13.1. The minimum absolute atomic E-state index is 0.0700. The van der Waals surface area contributed by atoms with E-state index in [1.807, 2.05) is 47.9 Å². The van der Waals surface area contributed by atoms with Crippen molar-refractivity contribution in [1.29, 1.82) is 0 Å². The van der Waals surface area contributed by atoms with Gasteiger partial charge in [0.1, 0.15) is 0 Å². The van der Waals surface area contributed by atoms with Crippen LogP contribution in [-0.4, -0.2) is 45.0 Å². The Bertz CT molecular complexity index is 1220. The van der Waals surface area contributed by atoms with E-state index in [9.17, 15) is 4.79 Å². The number of nitrogens with two attached hydrogens (primary N) is 2. The molecular weight excluding hydrogens is 456 g/mol. The minimum atomic E-state index is -0.362. The number of thioether (sulfide) groups is 1. The zero-order valence-corrected chi connectivity index (χ0v) is 21.0. The van der Waals surface area contributed by atoms with Crippen molar-refractivity contribution in [3.8, 4) is 0 Å². The Labute approximate surface area is 210 Å². The normalized spacial score (nSPS) is 20.1. The summed E-state index contributed by atoms with van der Waals surface area (Å²) >= 11 is 1.84. The highest BCUT2D eigenvalue weighted by molar-refractivity contribution is 7.99. The third-order valence-corrected chi connectivity index (χ3v) is 8.23. The minimum Gasteiger partial charge on any atom is -0.398 e. The summed E-state index contributed by atoms with van der Waals surface area (Å²) in [6.45, 7) is 6.54. The summed E-state index contributed by atoms with van der Waals surface area (Å²) in [6.07, 6.45) is 1.77. The van der Waals surface area contributed by atoms with Crippen LogP contribution in [0.1, 0.15) is 47.0 Å². The fraction of sp³-hybridized carbons (Fsp3) is 0.333. The molecule has 1 fully saturated rings. The van der Waals surface area contributed by atoms with E-state index >= 15 is 0 Å². The van der Waals surface area contributed by atoms with Crippen molar-refractivity contribution in [3.63, 3.8) is 0 Å². The molecule has 182 valence electrons. The molecule has 0 saturated carbocycles. The van der Waals surface area contributed by atoms with Gasteiger partial charge in [0.05, 0.1) is 18.0 Å². The summed E-state index contributed by atoms with van der Waals surface area (Å²) in [6, 6.07) is 18.2. The number of nitrogen functional groups attached to an aromatic ring is 1. The van der Waals surface area contributed by atoms with E-state index in [1.54, 1.807) is 6.20 Å². The van der Waals surface area contributed by atoms with Crippen molar-refractivity contribution < 1.29 is 4.79 Å². The average Bonchev–Trinajstić information content (AvgIpc) is 2.88. The Morgan fingerprint density at radius 1 is 1.14 bits per heavy atom. The smallest absolute Gasteiger partial charge is 0.323 e. The van der Waals surface area contributed by atoms with Gasteiger partial charge < -0.3 is 21.7 Å². The molecule has 2 aromatic carbocycles. The van der Waals surface area contributed by atoms with Crippen LogP contribution in [0.15, 0.2) is 60.8 Å². The maximum Gasteiger partial charge on any atom is 0.323 e. The Morgan fingerprint density at radius 3 is 2.71 bits per heavy atom. The Morgan fingerprint density at radius 2 is 1.94 bits per heavy atom. The number of nitrogens with zero attached hydrogens (tertiary/aromatic N) is 3. The Hall–Kier alpha value is -3.07. The van der Waals surface area contributed by atoms with Gasteiger partial charge in [0, 0.05) is 48.1 Å². The van der Waals surface area contributed by atoms with Crippen LogP contribution in [-0.2, 0) is 6.54 Å². The number of carbonyl (C=O) groups is 1. The molecule has 2 aliphatic rings. The second-order valence-corrected chi connectivity index (χ2v) is 10.6. The molecule has 3 atom stereocenters. The Kier molecular flexibility index (Phi) is 6.69. The number of urea groups is 1. The summed E-state index contributed by atoms with van der Waals surface area (Å²) in [5.74, 6) is 0.984. The van der Waals surface area contributed by atoms with E-state index in [0.717, 1.165) is 46.9 Å². The molecule has 5 rings (SSSR count). The summed E-state index contributed by atoms with van der Waals surface area (Å²) in [5.41, 5.74) is 19.4. The Balaban J connectivity index is 1.37. The first-order chi connectivity index (χ1) is 16.9. The molecule has 3 heterocycles. The molecule has 1 aromatic heterocycles. The van der Waals surface area contributed by atoms with Crippen molar-refractivity contribution >= 4 is 29.2 Å². The lowest BCUT2D eigenvalue weighted by molar-refractivity contribution is 0.155. The monoisotopic (exact) mass is 488 g/mol.